The van der Waals surface area contributed by atoms with Crippen LogP contribution < -0.4 is 4.90 Å². The highest BCUT2D eigenvalue weighted by molar-refractivity contribution is 8.06. The molecule has 0 radical (unpaired) electrons. The Morgan fingerprint density at radius 3 is 2.00 bits per heavy atom. The molecule has 0 aromatic heterocycles. The van der Waals surface area contributed by atoms with Crippen molar-refractivity contribution in [3.05, 3.63) is 118 Å². The van der Waals surface area contributed by atoms with Crippen molar-refractivity contribution < 1.29 is 4.79 Å². The minimum absolute atomic E-state index is 0.141. The van der Waals surface area contributed by atoms with Gasteiger partial charge in [0.15, 0.2) is 0 Å². The van der Waals surface area contributed by atoms with E-state index in [0.29, 0.717) is 10.6 Å². The molecule has 1 aliphatic rings. The highest BCUT2D eigenvalue weighted by Gasteiger charge is 2.30. The van der Waals surface area contributed by atoms with Gasteiger partial charge in [0, 0.05) is 16.7 Å². The Labute approximate surface area is 168 Å². The van der Waals surface area contributed by atoms with E-state index in [1.807, 2.05) is 77.0 Å². The van der Waals surface area contributed by atoms with Crippen LogP contribution in [0, 0.1) is 11.3 Å². The summed E-state index contributed by atoms with van der Waals surface area (Å²) in [6.45, 7) is 0. The van der Waals surface area contributed by atoms with Gasteiger partial charge in [0.05, 0.1) is 5.70 Å². The van der Waals surface area contributed by atoms with E-state index in [-0.39, 0.29) is 11.4 Å². The number of para-hydroxylation sites is 1. The summed E-state index contributed by atoms with van der Waals surface area (Å²) in [5.74, 6) is -0.269. The number of carbonyl (C=O) groups excluding carboxylic acids is 1. The predicted octanol–water partition coefficient (Wildman–Crippen LogP) is 5.86. The molecule has 134 valence electrons. The summed E-state index contributed by atoms with van der Waals surface area (Å²) in [7, 11) is 0. The number of anilines is 1. The van der Waals surface area contributed by atoms with E-state index in [1.165, 1.54) is 11.8 Å². The average Bonchev–Trinajstić information content (AvgIpc) is 3.21. The lowest BCUT2D eigenvalue weighted by molar-refractivity contribution is 0.103. The number of carbonyl (C=O) groups is 1. The lowest BCUT2D eigenvalue weighted by Gasteiger charge is -2.24. The summed E-state index contributed by atoms with van der Waals surface area (Å²) in [4.78, 5) is 15.0. The maximum absolute atomic E-state index is 13.0. The van der Waals surface area contributed by atoms with Gasteiger partial charge in [-0.15, -0.1) is 0 Å². The Kier molecular flexibility index (Phi) is 5.09. The maximum Gasteiger partial charge on any atom is 0.206 e. The van der Waals surface area contributed by atoms with Crippen molar-refractivity contribution in [1.29, 1.82) is 5.26 Å². The molecule has 0 saturated heterocycles. The van der Waals surface area contributed by atoms with Gasteiger partial charge >= 0.3 is 0 Å². The SMILES string of the molecule is N#C/C(C(=O)c1ccccc1)=C1/SC=C(c2ccccc2)N1c1ccccc1. The van der Waals surface area contributed by atoms with Crippen LogP contribution in [-0.2, 0) is 0 Å². The Bertz CT molecular complexity index is 1100. The van der Waals surface area contributed by atoms with E-state index in [4.69, 9.17) is 0 Å². The summed E-state index contributed by atoms with van der Waals surface area (Å²) in [6, 6.07) is 30.8. The van der Waals surface area contributed by atoms with Crippen LogP contribution in [-0.4, -0.2) is 5.78 Å². The highest BCUT2D eigenvalue weighted by atomic mass is 32.2. The van der Waals surface area contributed by atoms with Crippen LogP contribution in [0.3, 0.4) is 0 Å². The zero-order valence-corrected chi connectivity index (χ0v) is 15.8. The number of allylic oxidation sites excluding steroid dienone is 1. The molecule has 4 rings (SSSR count). The first-order valence-electron chi connectivity index (χ1n) is 8.81. The molecule has 28 heavy (non-hydrogen) atoms. The quantitative estimate of drug-likeness (QED) is 0.323. The van der Waals surface area contributed by atoms with Gasteiger partial charge in [-0.2, -0.15) is 5.26 Å². The molecule has 3 nitrogen and oxygen atoms in total. The Morgan fingerprint density at radius 1 is 0.821 bits per heavy atom. The predicted molar refractivity (Wildman–Crippen MR) is 114 cm³/mol. The molecule has 1 heterocycles. The van der Waals surface area contributed by atoms with Gasteiger partial charge in [-0.25, -0.2) is 0 Å². The number of rotatable bonds is 4. The smallest absolute Gasteiger partial charge is 0.206 e. The monoisotopic (exact) mass is 380 g/mol. The largest absolute Gasteiger partial charge is 0.302 e. The first-order chi connectivity index (χ1) is 13.8. The van der Waals surface area contributed by atoms with Gasteiger partial charge in [-0.1, -0.05) is 90.6 Å². The van der Waals surface area contributed by atoms with Crippen LogP contribution >= 0.6 is 11.8 Å². The average molecular weight is 380 g/mol. The lowest BCUT2D eigenvalue weighted by Crippen LogP contribution is -2.19. The second kappa shape index (κ2) is 7.99. The zero-order valence-electron chi connectivity index (χ0n) is 14.9. The lowest BCUT2D eigenvalue weighted by atomic mass is 10.0. The fourth-order valence-corrected chi connectivity index (χ4v) is 4.10. The van der Waals surface area contributed by atoms with Crippen molar-refractivity contribution in [3.63, 3.8) is 0 Å². The Balaban J connectivity index is 1.85. The molecular formula is C24H16N2OS. The number of nitriles is 1. The van der Waals surface area contributed by atoms with E-state index >= 15 is 0 Å². The summed E-state index contributed by atoms with van der Waals surface area (Å²) < 4.78 is 0. The number of nitrogens with zero attached hydrogens (tertiary/aromatic N) is 2. The third-order valence-corrected chi connectivity index (χ3v) is 5.35. The van der Waals surface area contributed by atoms with Crippen LogP contribution in [0.5, 0.6) is 0 Å². The zero-order chi connectivity index (χ0) is 19.3. The highest BCUT2D eigenvalue weighted by Crippen LogP contribution is 2.44. The van der Waals surface area contributed by atoms with E-state index in [0.717, 1.165) is 16.9 Å². The molecule has 0 atom stereocenters. The third-order valence-electron chi connectivity index (χ3n) is 4.40. The van der Waals surface area contributed by atoms with Crippen LogP contribution in [0.25, 0.3) is 5.70 Å². The van der Waals surface area contributed by atoms with Crippen molar-refractivity contribution >= 4 is 28.9 Å². The summed E-state index contributed by atoms with van der Waals surface area (Å²) >= 11 is 1.40. The van der Waals surface area contributed by atoms with Gasteiger partial charge in [0.1, 0.15) is 16.7 Å². The molecule has 0 spiro atoms. The van der Waals surface area contributed by atoms with Crippen LogP contribution in [0.1, 0.15) is 15.9 Å². The van der Waals surface area contributed by atoms with Gasteiger partial charge in [0.2, 0.25) is 5.78 Å². The fraction of sp³-hybridized carbons (Fsp3) is 0. The summed E-state index contributed by atoms with van der Waals surface area (Å²) in [6.07, 6.45) is 0. The first kappa shape index (κ1) is 17.8. The fourth-order valence-electron chi connectivity index (χ4n) is 3.07. The van der Waals surface area contributed by atoms with E-state index in [1.54, 1.807) is 24.3 Å². The first-order valence-corrected chi connectivity index (χ1v) is 9.69. The topological polar surface area (TPSA) is 44.1 Å². The van der Waals surface area contributed by atoms with Crippen LogP contribution in [0.4, 0.5) is 5.69 Å². The molecule has 3 aromatic carbocycles. The summed E-state index contributed by atoms with van der Waals surface area (Å²) in [5, 5.41) is 12.5. The van der Waals surface area contributed by atoms with Crippen LogP contribution in [0.2, 0.25) is 0 Å². The van der Waals surface area contributed by atoms with Crippen molar-refractivity contribution in [2.24, 2.45) is 0 Å². The number of benzene rings is 3. The molecule has 0 N–H and O–H groups in total. The van der Waals surface area contributed by atoms with Crippen LogP contribution in [0.15, 0.2) is 107 Å². The van der Waals surface area contributed by atoms with E-state index < -0.39 is 0 Å². The molecular weight excluding hydrogens is 364 g/mol. The molecule has 3 aromatic rings. The second-order valence-corrected chi connectivity index (χ2v) is 7.00. The Morgan fingerprint density at radius 2 is 1.39 bits per heavy atom. The second-order valence-electron chi connectivity index (χ2n) is 6.15. The number of hydrogen-bond donors (Lipinski definition) is 0. The number of ketones is 1. The van der Waals surface area contributed by atoms with E-state index in [2.05, 4.69) is 6.07 Å². The number of thioether (sulfide) groups is 1. The van der Waals surface area contributed by atoms with Gasteiger partial charge in [0.25, 0.3) is 0 Å². The molecule has 0 saturated carbocycles. The normalized spacial score (nSPS) is 15.0. The third kappa shape index (κ3) is 3.36. The van der Waals surface area contributed by atoms with Crippen molar-refractivity contribution in [2.75, 3.05) is 4.90 Å². The maximum atomic E-state index is 13.0. The molecule has 1 aliphatic heterocycles. The molecule has 0 aliphatic carbocycles. The number of Topliss-reactive ketones (excluding diaryl/α,β-unsaturated/α-hetero) is 1. The van der Waals surface area contributed by atoms with Crippen molar-refractivity contribution in [2.45, 2.75) is 0 Å². The van der Waals surface area contributed by atoms with Crippen molar-refractivity contribution in [1.82, 2.24) is 0 Å². The standard InChI is InChI=1S/C24H16N2OS/c25-16-21(23(27)19-12-6-2-7-13-19)24-26(20-14-8-3-9-15-20)22(17-28-24)18-10-4-1-5-11-18/h1-15,17H/b24-21-. The van der Waals surface area contributed by atoms with E-state index in [9.17, 15) is 10.1 Å². The minimum Gasteiger partial charge on any atom is -0.302 e. The molecule has 0 unspecified atom stereocenters. The summed E-state index contributed by atoms with van der Waals surface area (Å²) in [5.41, 5.74) is 3.53. The molecule has 0 fully saturated rings. The number of hydrogen-bond acceptors (Lipinski definition) is 4. The minimum atomic E-state index is -0.269. The molecule has 0 amide bonds. The van der Waals surface area contributed by atoms with Gasteiger partial charge in [-0.3, -0.25) is 4.79 Å². The Hall–Kier alpha value is -3.55. The molecule has 0 bridgehead atoms. The van der Waals surface area contributed by atoms with Gasteiger partial charge < -0.3 is 4.90 Å². The van der Waals surface area contributed by atoms with Gasteiger partial charge in [-0.05, 0) is 17.7 Å². The van der Waals surface area contributed by atoms with Crippen molar-refractivity contribution in [3.8, 4) is 6.07 Å². The molecule has 4 heteroatoms.